The molecular weight excluding hydrogens is 164 g/mol. The normalized spacial score (nSPS) is 10.0. The molecule has 2 heteroatoms. The lowest BCUT2D eigenvalue weighted by atomic mass is 10.1. The number of ketones is 1. The lowest BCUT2D eigenvalue weighted by molar-refractivity contribution is -0.121. The summed E-state index contributed by atoms with van der Waals surface area (Å²) in [5.74, 6) is 0.0626. The van der Waals surface area contributed by atoms with Crippen molar-refractivity contribution in [3.63, 3.8) is 0 Å². The number of aryl methyl sites for hydroxylation is 1. The standard InChI is InChI=1S/C11H14O2/c1-9-4-3-5-11(6-9)8-13-7-10(2)12/h3-6H,7-8H2,1-2H3. The Morgan fingerprint density at radius 2 is 2.23 bits per heavy atom. The third kappa shape index (κ3) is 3.85. The van der Waals surface area contributed by atoms with Crippen LogP contribution in [0.1, 0.15) is 18.1 Å². The highest BCUT2D eigenvalue weighted by molar-refractivity contribution is 5.76. The second kappa shape index (κ2) is 4.77. The summed E-state index contributed by atoms with van der Waals surface area (Å²) in [6, 6.07) is 8.07. The van der Waals surface area contributed by atoms with Crippen LogP contribution in [-0.2, 0) is 16.1 Å². The first-order valence-electron chi connectivity index (χ1n) is 4.31. The molecule has 70 valence electrons. The number of carbonyl (C=O) groups excluding carboxylic acids is 1. The largest absolute Gasteiger partial charge is 0.369 e. The van der Waals surface area contributed by atoms with Gasteiger partial charge in [0.25, 0.3) is 0 Å². The predicted molar refractivity (Wildman–Crippen MR) is 51.5 cm³/mol. The molecule has 0 aromatic heterocycles. The highest BCUT2D eigenvalue weighted by atomic mass is 16.5. The van der Waals surface area contributed by atoms with Crippen molar-refractivity contribution in [2.75, 3.05) is 6.61 Å². The fourth-order valence-electron chi connectivity index (χ4n) is 1.11. The molecule has 0 saturated heterocycles. The molecule has 0 bridgehead atoms. The van der Waals surface area contributed by atoms with Gasteiger partial charge in [0.15, 0.2) is 5.78 Å². The third-order valence-electron chi connectivity index (χ3n) is 1.66. The van der Waals surface area contributed by atoms with Gasteiger partial charge in [-0.05, 0) is 19.4 Å². The number of benzene rings is 1. The topological polar surface area (TPSA) is 26.3 Å². The summed E-state index contributed by atoms with van der Waals surface area (Å²) in [4.78, 5) is 10.6. The molecule has 0 unspecified atom stereocenters. The van der Waals surface area contributed by atoms with Gasteiger partial charge in [-0.15, -0.1) is 0 Å². The molecule has 13 heavy (non-hydrogen) atoms. The van der Waals surface area contributed by atoms with Crippen LogP contribution >= 0.6 is 0 Å². The van der Waals surface area contributed by atoms with Crippen LogP contribution in [0.2, 0.25) is 0 Å². The second-order valence-corrected chi connectivity index (χ2v) is 3.18. The molecule has 0 radical (unpaired) electrons. The van der Waals surface area contributed by atoms with Crippen molar-refractivity contribution in [1.29, 1.82) is 0 Å². The average molecular weight is 178 g/mol. The van der Waals surface area contributed by atoms with Gasteiger partial charge in [-0.3, -0.25) is 4.79 Å². The zero-order chi connectivity index (χ0) is 9.68. The molecule has 1 aromatic rings. The van der Waals surface area contributed by atoms with E-state index in [4.69, 9.17) is 4.74 Å². The summed E-state index contributed by atoms with van der Waals surface area (Å²) in [7, 11) is 0. The predicted octanol–water partition coefficient (Wildman–Crippen LogP) is 2.10. The van der Waals surface area contributed by atoms with Crippen LogP contribution in [-0.4, -0.2) is 12.4 Å². The van der Waals surface area contributed by atoms with Crippen LogP contribution in [0.15, 0.2) is 24.3 Å². The molecule has 0 aliphatic rings. The van der Waals surface area contributed by atoms with E-state index < -0.39 is 0 Å². The highest BCUT2D eigenvalue weighted by Crippen LogP contribution is 2.04. The van der Waals surface area contributed by atoms with Gasteiger partial charge in [-0.25, -0.2) is 0 Å². The summed E-state index contributed by atoms with van der Waals surface area (Å²) >= 11 is 0. The first-order valence-corrected chi connectivity index (χ1v) is 4.31. The molecule has 0 fully saturated rings. The maximum absolute atomic E-state index is 10.6. The smallest absolute Gasteiger partial charge is 0.155 e. The van der Waals surface area contributed by atoms with E-state index in [1.54, 1.807) is 0 Å². The first-order chi connectivity index (χ1) is 6.18. The van der Waals surface area contributed by atoms with Crippen LogP contribution in [0, 0.1) is 6.92 Å². The van der Waals surface area contributed by atoms with Gasteiger partial charge in [0, 0.05) is 0 Å². The number of carbonyl (C=O) groups is 1. The fraction of sp³-hybridized carbons (Fsp3) is 0.364. The average Bonchev–Trinajstić information content (AvgIpc) is 2.03. The van der Waals surface area contributed by atoms with E-state index in [-0.39, 0.29) is 12.4 Å². The summed E-state index contributed by atoms with van der Waals surface area (Å²) < 4.78 is 5.19. The lowest BCUT2D eigenvalue weighted by Gasteiger charge is -2.02. The molecule has 0 saturated carbocycles. The van der Waals surface area contributed by atoms with E-state index in [1.165, 1.54) is 12.5 Å². The number of hydrogen-bond donors (Lipinski definition) is 0. The Kier molecular flexibility index (Phi) is 3.65. The van der Waals surface area contributed by atoms with Gasteiger partial charge in [0.2, 0.25) is 0 Å². The van der Waals surface area contributed by atoms with E-state index in [1.807, 2.05) is 25.1 Å². The maximum Gasteiger partial charge on any atom is 0.155 e. The van der Waals surface area contributed by atoms with E-state index in [0.717, 1.165) is 5.56 Å². The molecule has 0 aliphatic heterocycles. The monoisotopic (exact) mass is 178 g/mol. The van der Waals surface area contributed by atoms with Crippen LogP contribution in [0.5, 0.6) is 0 Å². The minimum Gasteiger partial charge on any atom is -0.369 e. The Morgan fingerprint density at radius 1 is 1.46 bits per heavy atom. The van der Waals surface area contributed by atoms with Crippen molar-refractivity contribution < 1.29 is 9.53 Å². The van der Waals surface area contributed by atoms with Crippen LogP contribution < -0.4 is 0 Å². The van der Waals surface area contributed by atoms with Gasteiger partial charge < -0.3 is 4.74 Å². The van der Waals surface area contributed by atoms with Gasteiger partial charge in [-0.2, -0.15) is 0 Å². The Balaban J connectivity index is 2.41. The SMILES string of the molecule is CC(=O)COCc1cccc(C)c1. The van der Waals surface area contributed by atoms with E-state index in [9.17, 15) is 4.79 Å². The van der Waals surface area contributed by atoms with E-state index >= 15 is 0 Å². The lowest BCUT2D eigenvalue weighted by Crippen LogP contribution is -2.03. The fourth-order valence-corrected chi connectivity index (χ4v) is 1.11. The summed E-state index contributed by atoms with van der Waals surface area (Å²) in [5.41, 5.74) is 2.32. The van der Waals surface area contributed by atoms with Crippen molar-refractivity contribution in [2.45, 2.75) is 20.5 Å². The van der Waals surface area contributed by atoms with Crippen molar-refractivity contribution in [3.05, 3.63) is 35.4 Å². The van der Waals surface area contributed by atoms with Crippen molar-refractivity contribution in [3.8, 4) is 0 Å². The van der Waals surface area contributed by atoms with Crippen molar-refractivity contribution in [1.82, 2.24) is 0 Å². The maximum atomic E-state index is 10.6. The number of Topliss-reactive ketones (excluding diaryl/α,β-unsaturated/α-hetero) is 1. The molecule has 2 nitrogen and oxygen atoms in total. The number of hydrogen-bond acceptors (Lipinski definition) is 2. The third-order valence-corrected chi connectivity index (χ3v) is 1.66. The van der Waals surface area contributed by atoms with Crippen LogP contribution in [0.3, 0.4) is 0 Å². The quantitative estimate of drug-likeness (QED) is 0.705. The molecule has 0 spiro atoms. The summed E-state index contributed by atoms with van der Waals surface area (Å²) in [6.45, 7) is 4.28. The Bertz CT molecular complexity index is 292. The van der Waals surface area contributed by atoms with Crippen LogP contribution in [0.25, 0.3) is 0 Å². The minimum absolute atomic E-state index is 0.0626. The van der Waals surface area contributed by atoms with Crippen molar-refractivity contribution in [2.24, 2.45) is 0 Å². The molecule has 0 N–H and O–H groups in total. The van der Waals surface area contributed by atoms with Gasteiger partial charge >= 0.3 is 0 Å². The molecule has 1 aromatic carbocycles. The van der Waals surface area contributed by atoms with E-state index in [0.29, 0.717) is 6.61 Å². The zero-order valence-electron chi connectivity index (χ0n) is 8.04. The van der Waals surface area contributed by atoms with Crippen LogP contribution in [0.4, 0.5) is 0 Å². The summed E-state index contributed by atoms with van der Waals surface area (Å²) in [5, 5.41) is 0. The molecular formula is C11H14O2. The molecule has 0 aliphatic carbocycles. The van der Waals surface area contributed by atoms with E-state index in [2.05, 4.69) is 6.07 Å². The summed E-state index contributed by atoms with van der Waals surface area (Å²) in [6.07, 6.45) is 0. The molecule has 0 heterocycles. The molecule has 1 rings (SSSR count). The van der Waals surface area contributed by atoms with Gasteiger partial charge in [-0.1, -0.05) is 29.8 Å². The Morgan fingerprint density at radius 3 is 2.85 bits per heavy atom. The molecule has 0 amide bonds. The van der Waals surface area contributed by atoms with Gasteiger partial charge in [0.05, 0.1) is 6.61 Å². The second-order valence-electron chi connectivity index (χ2n) is 3.18. The number of rotatable bonds is 4. The highest BCUT2D eigenvalue weighted by Gasteiger charge is 1.95. The zero-order valence-corrected chi connectivity index (χ0v) is 8.04. The van der Waals surface area contributed by atoms with Crippen molar-refractivity contribution >= 4 is 5.78 Å². The first kappa shape index (κ1) is 9.93. The Labute approximate surface area is 78.5 Å². The Hall–Kier alpha value is -1.15. The van der Waals surface area contributed by atoms with Gasteiger partial charge in [0.1, 0.15) is 6.61 Å². The minimum atomic E-state index is 0.0626. The molecule has 0 atom stereocenters. The number of ether oxygens (including phenoxy) is 1.